The topological polar surface area (TPSA) is 82.8 Å². The third-order valence-corrected chi connectivity index (χ3v) is 2.80. The largest absolute Gasteiger partial charge is 0.461 e. The van der Waals surface area contributed by atoms with E-state index in [1.807, 2.05) is 6.20 Å². The van der Waals surface area contributed by atoms with Crippen molar-refractivity contribution in [3.05, 3.63) is 36.2 Å². The van der Waals surface area contributed by atoms with E-state index in [2.05, 4.69) is 36.4 Å². The SMILES string of the molecule is BrCc1cn(Cc2nc(-c3ccco3)no2)nn1. The molecule has 7 nitrogen and oxygen atoms in total. The number of aromatic nitrogens is 5. The second kappa shape index (κ2) is 4.73. The average Bonchev–Trinajstić information content (AvgIpc) is 3.10. The second-order valence-corrected chi connectivity index (χ2v) is 4.09. The van der Waals surface area contributed by atoms with Gasteiger partial charge in [-0.1, -0.05) is 26.3 Å². The van der Waals surface area contributed by atoms with Crippen molar-refractivity contribution < 1.29 is 8.94 Å². The lowest BCUT2D eigenvalue weighted by Gasteiger charge is -1.91. The zero-order chi connectivity index (χ0) is 12.4. The maximum atomic E-state index is 5.18. The Labute approximate surface area is 110 Å². The fourth-order valence-electron chi connectivity index (χ4n) is 1.44. The summed E-state index contributed by atoms with van der Waals surface area (Å²) in [4.78, 5) is 4.21. The van der Waals surface area contributed by atoms with Gasteiger partial charge in [0.1, 0.15) is 6.54 Å². The van der Waals surface area contributed by atoms with E-state index in [0.717, 1.165) is 5.69 Å². The molecule has 0 aromatic carbocycles. The predicted molar refractivity (Wildman–Crippen MR) is 63.8 cm³/mol. The number of hydrogen-bond acceptors (Lipinski definition) is 6. The summed E-state index contributed by atoms with van der Waals surface area (Å²) in [6, 6.07) is 3.54. The molecule has 0 unspecified atom stereocenters. The van der Waals surface area contributed by atoms with E-state index < -0.39 is 0 Å². The number of hydrogen-bond donors (Lipinski definition) is 0. The number of halogens is 1. The molecule has 3 aromatic rings. The van der Waals surface area contributed by atoms with Gasteiger partial charge in [-0.25, -0.2) is 4.68 Å². The Morgan fingerprint density at radius 2 is 2.33 bits per heavy atom. The fraction of sp³-hybridized carbons (Fsp3) is 0.200. The number of alkyl halides is 1. The molecular formula is C10H8BrN5O2. The Morgan fingerprint density at radius 1 is 1.39 bits per heavy atom. The Kier molecular flexibility index (Phi) is 2.93. The van der Waals surface area contributed by atoms with Gasteiger partial charge < -0.3 is 8.94 Å². The van der Waals surface area contributed by atoms with Crippen LogP contribution in [-0.2, 0) is 11.9 Å². The van der Waals surface area contributed by atoms with Crippen LogP contribution in [0, 0.1) is 0 Å². The van der Waals surface area contributed by atoms with Crippen LogP contribution in [0.15, 0.2) is 33.5 Å². The summed E-state index contributed by atoms with van der Waals surface area (Å²) in [5.74, 6) is 1.45. The number of furan rings is 1. The first-order valence-corrected chi connectivity index (χ1v) is 6.29. The number of nitrogens with zero attached hydrogens (tertiary/aromatic N) is 5. The molecule has 3 aromatic heterocycles. The molecule has 3 heterocycles. The van der Waals surface area contributed by atoms with Crippen molar-refractivity contribution in [2.75, 3.05) is 0 Å². The maximum absolute atomic E-state index is 5.18. The monoisotopic (exact) mass is 309 g/mol. The molecule has 8 heteroatoms. The van der Waals surface area contributed by atoms with E-state index in [1.54, 1.807) is 23.1 Å². The smallest absolute Gasteiger partial charge is 0.248 e. The van der Waals surface area contributed by atoms with Crippen LogP contribution in [0.25, 0.3) is 11.6 Å². The summed E-state index contributed by atoms with van der Waals surface area (Å²) in [6.07, 6.45) is 3.37. The standard InChI is InChI=1S/C10H8BrN5O2/c11-4-7-5-16(15-13-7)6-9-12-10(14-18-9)8-2-1-3-17-8/h1-3,5H,4,6H2. The summed E-state index contributed by atoms with van der Waals surface area (Å²) in [5, 5.41) is 12.4. The number of rotatable bonds is 4. The molecule has 0 radical (unpaired) electrons. The minimum absolute atomic E-state index is 0.383. The highest BCUT2D eigenvalue weighted by Gasteiger charge is 2.11. The van der Waals surface area contributed by atoms with E-state index in [1.165, 1.54) is 0 Å². The van der Waals surface area contributed by atoms with Crippen molar-refractivity contribution in [3.8, 4) is 11.6 Å². The lowest BCUT2D eigenvalue weighted by Crippen LogP contribution is -2.00. The molecule has 0 saturated carbocycles. The minimum Gasteiger partial charge on any atom is -0.461 e. The Bertz CT molecular complexity index is 630. The molecule has 3 rings (SSSR count). The average molecular weight is 310 g/mol. The maximum Gasteiger partial charge on any atom is 0.248 e. The highest BCUT2D eigenvalue weighted by Crippen LogP contribution is 2.16. The van der Waals surface area contributed by atoms with Gasteiger partial charge in [0.15, 0.2) is 5.76 Å². The van der Waals surface area contributed by atoms with Crippen LogP contribution in [0.5, 0.6) is 0 Å². The summed E-state index contributed by atoms with van der Waals surface area (Å²) in [7, 11) is 0. The molecule has 0 N–H and O–H groups in total. The van der Waals surface area contributed by atoms with Crippen molar-refractivity contribution >= 4 is 15.9 Å². The van der Waals surface area contributed by atoms with Crippen molar-refractivity contribution in [1.29, 1.82) is 0 Å². The summed E-state index contributed by atoms with van der Waals surface area (Å²) in [6.45, 7) is 0.383. The van der Waals surface area contributed by atoms with Gasteiger partial charge in [0.05, 0.1) is 12.0 Å². The first-order valence-electron chi connectivity index (χ1n) is 5.16. The van der Waals surface area contributed by atoms with Crippen LogP contribution < -0.4 is 0 Å². The zero-order valence-electron chi connectivity index (χ0n) is 9.15. The van der Waals surface area contributed by atoms with Crippen LogP contribution in [0.1, 0.15) is 11.6 Å². The van der Waals surface area contributed by atoms with Crippen LogP contribution in [0.2, 0.25) is 0 Å². The highest BCUT2D eigenvalue weighted by molar-refractivity contribution is 9.08. The van der Waals surface area contributed by atoms with Gasteiger partial charge in [0.25, 0.3) is 0 Å². The second-order valence-electron chi connectivity index (χ2n) is 3.53. The first-order chi connectivity index (χ1) is 8.85. The lowest BCUT2D eigenvalue weighted by atomic mass is 10.4. The van der Waals surface area contributed by atoms with Crippen molar-refractivity contribution in [2.24, 2.45) is 0 Å². The predicted octanol–water partition coefficient (Wildman–Crippen LogP) is 1.86. The van der Waals surface area contributed by atoms with E-state index in [0.29, 0.717) is 29.4 Å². The summed E-state index contributed by atoms with van der Waals surface area (Å²) >= 11 is 3.31. The molecule has 0 saturated heterocycles. The minimum atomic E-state index is 0.383. The molecule has 0 aliphatic heterocycles. The van der Waals surface area contributed by atoms with E-state index in [-0.39, 0.29) is 0 Å². The highest BCUT2D eigenvalue weighted by atomic mass is 79.9. The van der Waals surface area contributed by atoms with Gasteiger partial charge in [0, 0.05) is 11.5 Å². The Hall–Kier alpha value is -1.96. The molecule has 0 aliphatic rings. The van der Waals surface area contributed by atoms with Gasteiger partial charge >= 0.3 is 0 Å². The van der Waals surface area contributed by atoms with E-state index in [9.17, 15) is 0 Å². The van der Waals surface area contributed by atoms with E-state index in [4.69, 9.17) is 8.94 Å². The summed E-state index contributed by atoms with van der Waals surface area (Å²) < 4.78 is 11.9. The van der Waals surface area contributed by atoms with Gasteiger partial charge in [0.2, 0.25) is 11.7 Å². The van der Waals surface area contributed by atoms with Crippen LogP contribution in [-0.4, -0.2) is 25.1 Å². The van der Waals surface area contributed by atoms with Gasteiger partial charge in [-0.05, 0) is 12.1 Å². The van der Waals surface area contributed by atoms with Gasteiger partial charge in [-0.15, -0.1) is 5.10 Å². The molecule has 0 spiro atoms. The molecule has 0 amide bonds. The zero-order valence-corrected chi connectivity index (χ0v) is 10.7. The molecule has 0 atom stereocenters. The van der Waals surface area contributed by atoms with Gasteiger partial charge in [-0.3, -0.25) is 0 Å². The molecular weight excluding hydrogens is 302 g/mol. The third-order valence-electron chi connectivity index (χ3n) is 2.23. The van der Waals surface area contributed by atoms with Crippen molar-refractivity contribution in [2.45, 2.75) is 11.9 Å². The molecule has 0 aliphatic carbocycles. The third kappa shape index (κ3) is 2.19. The van der Waals surface area contributed by atoms with Crippen LogP contribution in [0.4, 0.5) is 0 Å². The molecule has 0 bridgehead atoms. The normalized spacial score (nSPS) is 10.9. The fourth-order valence-corrected chi connectivity index (χ4v) is 1.70. The van der Waals surface area contributed by atoms with Crippen molar-refractivity contribution in [1.82, 2.24) is 25.1 Å². The molecule has 0 fully saturated rings. The molecule has 18 heavy (non-hydrogen) atoms. The Morgan fingerprint density at radius 3 is 3.06 bits per heavy atom. The Balaban J connectivity index is 1.77. The van der Waals surface area contributed by atoms with E-state index >= 15 is 0 Å². The van der Waals surface area contributed by atoms with Crippen molar-refractivity contribution in [3.63, 3.8) is 0 Å². The summed E-state index contributed by atoms with van der Waals surface area (Å²) in [5.41, 5.74) is 0.848. The van der Waals surface area contributed by atoms with Gasteiger partial charge in [-0.2, -0.15) is 4.98 Å². The van der Waals surface area contributed by atoms with Crippen LogP contribution >= 0.6 is 15.9 Å². The van der Waals surface area contributed by atoms with Crippen LogP contribution in [0.3, 0.4) is 0 Å². The molecule has 92 valence electrons. The quantitative estimate of drug-likeness (QED) is 0.684. The first kappa shape index (κ1) is 11.1. The lowest BCUT2D eigenvalue weighted by molar-refractivity contribution is 0.363.